The first-order valence-corrected chi connectivity index (χ1v) is 5.19. The van der Waals surface area contributed by atoms with E-state index in [1.807, 2.05) is 6.08 Å². The highest BCUT2D eigenvalue weighted by atomic mass is 16.1. The lowest BCUT2D eigenvalue weighted by molar-refractivity contribution is -0.114. The summed E-state index contributed by atoms with van der Waals surface area (Å²) in [4.78, 5) is 11.1. The summed E-state index contributed by atoms with van der Waals surface area (Å²) in [6, 6.07) is 0. The quantitative estimate of drug-likeness (QED) is 0.491. The SMILES string of the molecule is CC(C)=CCCC=C1CC=CC(=O)C1. The highest BCUT2D eigenvalue weighted by molar-refractivity contribution is 5.92. The van der Waals surface area contributed by atoms with E-state index in [9.17, 15) is 4.79 Å². The largest absolute Gasteiger partial charge is 0.295 e. The summed E-state index contributed by atoms with van der Waals surface area (Å²) in [5.41, 5.74) is 2.64. The van der Waals surface area contributed by atoms with Gasteiger partial charge in [0.15, 0.2) is 5.78 Å². The minimum absolute atomic E-state index is 0.240. The lowest BCUT2D eigenvalue weighted by Crippen LogP contribution is -2.00. The average molecular weight is 190 g/mol. The normalized spacial score (nSPS) is 18.7. The van der Waals surface area contributed by atoms with E-state index in [0.717, 1.165) is 19.3 Å². The molecule has 0 heterocycles. The molecule has 0 unspecified atom stereocenters. The van der Waals surface area contributed by atoms with E-state index in [-0.39, 0.29) is 5.78 Å². The Morgan fingerprint density at radius 2 is 2.21 bits per heavy atom. The van der Waals surface area contributed by atoms with Gasteiger partial charge in [-0.2, -0.15) is 0 Å². The Bertz CT molecular complexity index is 288. The Morgan fingerprint density at radius 3 is 2.86 bits per heavy atom. The summed E-state index contributed by atoms with van der Waals surface area (Å²) >= 11 is 0. The zero-order valence-corrected chi connectivity index (χ0v) is 9.05. The minimum atomic E-state index is 0.240. The Morgan fingerprint density at radius 1 is 1.43 bits per heavy atom. The fraction of sp³-hybridized carbons (Fsp3) is 0.462. The summed E-state index contributed by atoms with van der Waals surface area (Å²) in [6.45, 7) is 4.22. The van der Waals surface area contributed by atoms with Gasteiger partial charge in [0.1, 0.15) is 0 Å². The van der Waals surface area contributed by atoms with Gasteiger partial charge in [-0.3, -0.25) is 4.79 Å². The molecule has 0 bridgehead atoms. The van der Waals surface area contributed by atoms with Gasteiger partial charge in [0.25, 0.3) is 0 Å². The lowest BCUT2D eigenvalue weighted by Gasteiger charge is -2.06. The van der Waals surface area contributed by atoms with Gasteiger partial charge in [-0.25, -0.2) is 0 Å². The van der Waals surface area contributed by atoms with Crippen LogP contribution in [0, 0.1) is 0 Å². The standard InChI is InChI=1S/C13H18O/c1-11(2)6-3-4-7-12-8-5-9-13(14)10-12/h5-7,9H,3-4,8,10H2,1-2H3. The number of hydrogen-bond acceptors (Lipinski definition) is 1. The Balaban J connectivity index is 2.35. The molecule has 0 aliphatic heterocycles. The molecule has 0 aromatic rings. The zero-order chi connectivity index (χ0) is 10.4. The summed E-state index contributed by atoms with van der Waals surface area (Å²) in [6.07, 6.45) is 11.8. The van der Waals surface area contributed by atoms with Crippen molar-refractivity contribution in [1.29, 1.82) is 0 Å². The second kappa shape index (κ2) is 5.58. The topological polar surface area (TPSA) is 17.1 Å². The molecule has 0 N–H and O–H groups in total. The molecule has 0 radical (unpaired) electrons. The molecule has 1 nitrogen and oxygen atoms in total. The summed E-state index contributed by atoms with van der Waals surface area (Å²) in [5, 5.41) is 0. The van der Waals surface area contributed by atoms with Crippen LogP contribution < -0.4 is 0 Å². The second-order valence-corrected chi connectivity index (χ2v) is 3.97. The van der Waals surface area contributed by atoms with E-state index in [0.29, 0.717) is 6.42 Å². The molecule has 14 heavy (non-hydrogen) atoms. The van der Waals surface area contributed by atoms with Gasteiger partial charge in [0.2, 0.25) is 0 Å². The van der Waals surface area contributed by atoms with Gasteiger partial charge < -0.3 is 0 Å². The fourth-order valence-electron chi connectivity index (χ4n) is 1.51. The molecule has 0 spiro atoms. The van der Waals surface area contributed by atoms with Crippen LogP contribution in [0.4, 0.5) is 0 Å². The van der Waals surface area contributed by atoms with Crippen LogP contribution in [0.1, 0.15) is 39.5 Å². The number of allylic oxidation sites excluding steroid dienone is 6. The molecule has 0 amide bonds. The monoisotopic (exact) mass is 190 g/mol. The van der Waals surface area contributed by atoms with Crippen LogP contribution in [-0.4, -0.2) is 5.78 Å². The second-order valence-electron chi connectivity index (χ2n) is 3.97. The first-order valence-electron chi connectivity index (χ1n) is 5.19. The van der Waals surface area contributed by atoms with Gasteiger partial charge in [-0.15, -0.1) is 0 Å². The van der Waals surface area contributed by atoms with Crippen LogP contribution in [0.25, 0.3) is 0 Å². The molecule has 0 atom stereocenters. The van der Waals surface area contributed by atoms with Crippen LogP contribution in [0.15, 0.2) is 35.5 Å². The number of ketones is 1. The molecule has 0 saturated carbocycles. The summed E-state index contributed by atoms with van der Waals surface area (Å²) < 4.78 is 0. The maximum Gasteiger partial charge on any atom is 0.159 e. The number of hydrogen-bond donors (Lipinski definition) is 0. The zero-order valence-electron chi connectivity index (χ0n) is 9.05. The van der Waals surface area contributed by atoms with E-state index in [1.54, 1.807) is 6.08 Å². The van der Waals surface area contributed by atoms with E-state index in [4.69, 9.17) is 0 Å². The van der Waals surface area contributed by atoms with Crippen molar-refractivity contribution in [3.05, 3.63) is 35.5 Å². The lowest BCUT2D eigenvalue weighted by atomic mass is 9.98. The van der Waals surface area contributed by atoms with Gasteiger partial charge in [-0.1, -0.05) is 29.4 Å². The van der Waals surface area contributed by atoms with E-state index in [1.165, 1.54) is 11.1 Å². The molecular formula is C13H18O. The molecule has 76 valence electrons. The van der Waals surface area contributed by atoms with Crippen molar-refractivity contribution in [2.45, 2.75) is 39.5 Å². The average Bonchev–Trinajstić information content (AvgIpc) is 2.12. The van der Waals surface area contributed by atoms with Gasteiger partial charge in [0.05, 0.1) is 0 Å². The van der Waals surface area contributed by atoms with Crippen molar-refractivity contribution in [3.8, 4) is 0 Å². The number of rotatable bonds is 3. The van der Waals surface area contributed by atoms with Crippen molar-refractivity contribution in [3.63, 3.8) is 0 Å². The molecule has 0 saturated heterocycles. The summed E-state index contributed by atoms with van der Waals surface area (Å²) in [5.74, 6) is 0.240. The van der Waals surface area contributed by atoms with Crippen molar-refractivity contribution in [2.24, 2.45) is 0 Å². The van der Waals surface area contributed by atoms with Crippen LogP contribution in [0.3, 0.4) is 0 Å². The number of carbonyl (C=O) groups is 1. The van der Waals surface area contributed by atoms with Crippen molar-refractivity contribution in [2.75, 3.05) is 0 Å². The summed E-state index contributed by atoms with van der Waals surface area (Å²) in [7, 11) is 0. The minimum Gasteiger partial charge on any atom is -0.295 e. The molecule has 0 aromatic heterocycles. The van der Waals surface area contributed by atoms with Crippen LogP contribution in [0.5, 0.6) is 0 Å². The smallest absolute Gasteiger partial charge is 0.159 e. The highest BCUT2D eigenvalue weighted by Gasteiger charge is 2.06. The Kier molecular flexibility index (Phi) is 4.37. The highest BCUT2D eigenvalue weighted by Crippen LogP contribution is 2.15. The van der Waals surface area contributed by atoms with Gasteiger partial charge in [0, 0.05) is 6.42 Å². The maximum absolute atomic E-state index is 11.1. The van der Waals surface area contributed by atoms with Crippen molar-refractivity contribution < 1.29 is 4.79 Å². The van der Waals surface area contributed by atoms with E-state index < -0.39 is 0 Å². The third-order valence-electron chi connectivity index (χ3n) is 2.24. The van der Waals surface area contributed by atoms with Crippen molar-refractivity contribution in [1.82, 2.24) is 0 Å². The molecule has 0 fully saturated rings. The number of carbonyl (C=O) groups excluding carboxylic acids is 1. The molecule has 1 heteroatoms. The third-order valence-corrected chi connectivity index (χ3v) is 2.24. The fourth-order valence-corrected chi connectivity index (χ4v) is 1.51. The predicted octanol–water partition coefficient (Wildman–Crippen LogP) is 3.58. The first-order chi connectivity index (χ1) is 6.68. The maximum atomic E-state index is 11.1. The third kappa shape index (κ3) is 4.22. The molecule has 1 rings (SSSR count). The van der Waals surface area contributed by atoms with Crippen LogP contribution in [-0.2, 0) is 4.79 Å². The number of unbranched alkanes of at least 4 members (excludes halogenated alkanes) is 1. The van der Waals surface area contributed by atoms with Crippen molar-refractivity contribution >= 4 is 5.78 Å². The predicted molar refractivity (Wildman–Crippen MR) is 60.1 cm³/mol. The first kappa shape index (κ1) is 11.0. The Labute approximate surface area is 86.2 Å². The molecular weight excluding hydrogens is 172 g/mol. The molecule has 1 aliphatic carbocycles. The van der Waals surface area contributed by atoms with E-state index in [2.05, 4.69) is 26.0 Å². The van der Waals surface area contributed by atoms with Crippen LogP contribution in [0.2, 0.25) is 0 Å². The van der Waals surface area contributed by atoms with Gasteiger partial charge in [-0.05, 0) is 39.2 Å². The Hall–Kier alpha value is -1.11. The van der Waals surface area contributed by atoms with E-state index >= 15 is 0 Å². The molecule has 1 aliphatic rings. The van der Waals surface area contributed by atoms with Gasteiger partial charge >= 0.3 is 0 Å². The van der Waals surface area contributed by atoms with Crippen LogP contribution >= 0.6 is 0 Å². The molecule has 0 aromatic carbocycles.